The normalized spacial score (nSPS) is 24.3. The summed E-state index contributed by atoms with van der Waals surface area (Å²) in [6, 6.07) is 8.99. The van der Waals surface area contributed by atoms with Gasteiger partial charge in [0, 0.05) is 5.56 Å². The van der Waals surface area contributed by atoms with E-state index in [1.165, 1.54) is 0 Å². The number of hydrogen-bond acceptors (Lipinski definition) is 3. The van der Waals surface area contributed by atoms with Gasteiger partial charge in [-0.05, 0) is 31.4 Å². The molecule has 0 saturated heterocycles. The van der Waals surface area contributed by atoms with Crippen LogP contribution in [0.15, 0.2) is 30.3 Å². The first-order chi connectivity index (χ1) is 7.77. The Balaban J connectivity index is 1.84. The van der Waals surface area contributed by atoms with Crippen molar-refractivity contribution in [1.82, 2.24) is 10.9 Å². The van der Waals surface area contributed by atoms with Crippen molar-refractivity contribution in [2.45, 2.75) is 31.4 Å². The van der Waals surface area contributed by atoms with Gasteiger partial charge in [0.1, 0.15) is 0 Å². The minimum absolute atomic E-state index is 0.0207. The van der Waals surface area contributed by atoms with Crippen molar-refractivity contribution in [2.24, 2.45) is 0 Å². The minimum atomic E-state index is -0.351. The van der Waals surface area contributed by atoms with Crippen LogP contribution in [-0.4, -0.2) is 23.2 Å². The molecule has 0 aromatic heterocycles. The number of aliphatic hydroxyl groups is 1. The molecule has 2 rings (SSSR count). The molecule has 16 heavy (non-hydrogen) atoms. The molecule has 0 heterocycles. The van der Waals surface area contributed by atoms with E-state index in [0.717, 1.165) is 19.3 Å². The lowest BCUT2D eigenvalue weighted by atomic mass is 10.2. The topological polar surface area (TPSA) is 61.4 Å². The Bertz CT molecular complexity index is 353. The molecule has 1 aliphatic rings. The largest absolute Gasteiger partial charge is 0.391 e. The van der Waals surface area contributed by atoms with Crippen molar-refractivity contribution in [3.8, 4) is 0 Å². The maximum atomic E-state index is 11.7. The van der Waals surface area contributed by atoms with Crippen LogP contribution in [0.3, 0.4) is 0 Å². The van der Waals surface area contributed by atoms with Gasteiger partial charge in [0.2, 0.25) is 0 Å². The zero-order valence-electron chi connectivity index (χ0n) is 9.02. The molecule has 4 heteroatoms. The van der Waals surface area contributed by atoms with E-state index in [-0.39, 0.29) is 18.1 Å². The van der Waals surface area contributed by atoms with Crippen molar-refractivity contribution >= 4 is 5.91 Å². The molecule has 0 radical (unpaired) electrons. The average Bonchev–Trinajstić information content (AvgIpc) is 2.73. The molecule has 2 unspecified atom stereocenters. The Kier molecular flexibility index (Phi) is 3.54. The third-order valence-corrected chi connectivity index (χ3v) is 2.89. The number of nitrogens with one attached hydrogen (secondary N) is 2. The first-order valence-electron chi connectivity index (χ1n) is 5.56. The lowest BCUT2D eigenvalue weighted by molar-refractivity contribution is 0.0891. The summed E-state index contributed by atoms with van der Waals surface area (Å²) < 4.78 is 0. The second-order valence-electron chi connectivity index (χ2n) is 4.07. The van der Waals surface area contributed by atoms with Gasteiger partial charge in [-0.15, -0.1) is 0 Å². The molecule has 1 fully saturated rings. The average molecular weight is 220 g/mol. The fourth-order valence-corrected chi connectivity index (χ4v) is 1.93. The fourth-order valence-electron chi connectivity index (χ4n) is 1.93. The second kappa shape index (κ2) is 5.09. The summed E-state index contributed by atoms with van der Waals surface area (Å²) in [5, 5.41) is 9.56. The molecule has 3 N–H and O–H groups in total. The highest BCUT2D eigenvalue weighted by atomic mass is 16.3. The number of hydrazine groups is 1. The molecule has 86 valence electrons. The minimum Gasteiger partial charge on any atom is -0.391 e. The van der Waals surface area contributed by atoms with Crippen molar-refractivity contribution in [1.29, 1.82) is 0 Å². The summed E-state index contributed by atoms with van der Waals surface area (Å²) >= 11 is 0. The highest BCUT2D eigenvalue weighted by Gasteiger charge is 2.25. The summed E-state index contributed by atoms with van der Waals surface area (Å²) in [5.41, 5.74) is 6.12. The van der Waals surface area contributed by atoms with Gasteiger partial charge >= 0.3 is 0 Å². The van der Waals surface area contributed by atoms with Crippen molar-refractivity contribution in [2.75, 3.05) is 0 Å². The van der Waals surface area contributed by atoms with Crippen molar-refractivity contribution in [3.63, 3.8) is 0 Å². The Morgan fingerprint density at radius 3 is 2.62 bits per heavy atom. The van der Waals surface area contributed by atoms with E-state index in [1.54, 1.807) is 12.1 Å². The number of aliphatic hydroxyl groups excluding tert-OH is 1. The van der Waals surface area contributed by atoms with Crippen LogP contribution < -0.4 is 10.9 Å². The monoisotopic (exact) mass is 220 g/mol. The van der Waals surface area contributed by atoms with E-state index in [1.807, 2.05) is 18.2 Å². The van der Waals surface area contributed by atoms with E-state index < -0.39 is 0 Å². The maximum Gasteiger partial charge on any atom is 0.265 e. The number of hydrogen-bond donors (Lipinski definition) is 3. The van der Waals surface area contributed by atoms with Crippen LogP contribution in [-0.2, 0) is 0 Å². The van der Waals surface area contributed by atoms with Gasteiger partial charge in [0.25, 0.3) is 5.91 Å². The second-order valence-corrected chi connectivity index (χ2v) is 4.07. The van der Waals surface area contributed by atoms with E-state index in [0.29, 0.717) is 5.56 Å². The third-order valence-electron chi connectivity index (χ3n) is 2.89. The highest BCUT2D eigenvalue weighted by Crippen LogP contribution is 2.17. The Morgan fingerprint density at radius 2 is 2.00 bits per heavy atom. The van der Waals surface area contributed by atoms with E-state index in [2.05, 4.69) is 10.9 Å². The lowest BCUT2D eigenvalue weighted by Crippen LogP contribution is -2.47. The molecule has 1 aromatic rings. The van der Waals surface area contributed by atoms with E-state index in [9.17, 15) is 9.90 Å². The molecule has 4 nitrogen and oxygen atoms in total. The van der Waals surface area contributed by atoms with Crippen molar-refractivity contribution in [3.05, 3.63) is 35.9 Å². The summed E-state index contributed by atoms with van der Waals surface area (Å²) in [7, 11) is 0. The molecule has 2 atom stereocenters. The van der Waals surface area contributed by atoms with Gasteiger partial charge in [0.05, 0.1) is 12.1 Å². The number of benzene rings is 1. The van der Waals surface area contributed by atoms with Gasteiger partial charge < -0.3 is 5.11 Å². The van der Waals surface area contributed by atoms with Crippen LogP contribution in [0.4, 0.5) is 0 Å². The standard InChI is InChI=1S/C12H16N2O2/c15-11-8-4-7-10(11)13-14-12(16)9-5-2-1-3-6-9/h1-3,5-6,10-11,13,15H,4,7-8H2,(H,14,16). The predicted molar refractivity (Wildman–Crippen MR) is 60.7 cm³/mol. The van der Waals surface area contributed by atoms with Gasteiger partial charge in [-0.25, -0.2) is 5.43 Å². The van der Waals surface area contributed by atoms with Gasteiger partial charge in [-0.1, -0.05) is 18.2 Å². The zero-order valence-corrected chi connectivity index (χ0v) is 9.02. The highest BCUT2D eigenvalue weighted by molar-refractivity contribution is 5.93. The summed E-state index contributed by atoms with van der Waals surface area (Å²) in [6.07, 6.45) is 2.35. The SMILES string of the molecule is O=C(NNC1CCCC1O)c1ccccc1. The van der Waals surface area contributed by atoms with Crippen LogP contribution in [0.25, 0.3) is 0 Å². The van der Waals surface area contributed by atoms with Crippen LogP contribution >= 0.6 is 0 Å². The van der Waals surface area contributed by atoms with E-state index >= 15 is 0 Å². The number of rotatable bonds is 3. The Labute approximate surface area is 94.6 Å². The van der Waals surface area contributed by atoms with Gasteiger partial charge in [-0.3, -0.25) is 10.2 Å². The molecule has 1 aliphatic carbocycles. The lowest BCUT2D eigenvalue weighted by Gasteiger charge is -2.16. The third kappa shape index (κ3) is 2.59. The Morgan fingerprint density at radius 1 is 1.25 bits per heavy atom. The molecular weight excluding hydrogens is 204 g/mol. The molecule has 0 spiro atoms. The number of carbonyl (C=O) groups is 1. The van der Waals surface area contributed by atoms with E-state index in [4.69, 9.17) is 0 Å². The summed E-state index contributed by atoms with van der Waals surface area (Å²) in [6.45, 7) is 0. The molecule has 0 aliphatic heterocycles. The van der Waals surface area contributed by atoms with Gasteiger partial charge in [-0.2, -0.15) is 0 Å². The molecule has 0 bridgehead atoms. The first-order valence-corrected chi connectivity index (χ1v) is 5.56. The summed E-state index contributed by atoms with van der Waals surface area (Å²) in [4.78, 5) is 11.7. The summed E-state index contributed by atoms with van der Waals surface area (Å²) in [5.74, 6) is -0.167. The predicted octanol–water partition coefficient (Wildman–Crippen LogP) is 0.834. The zero-order chi connectivity index (χ0) is 11.4. The molecule has 1 aromatic carbocycles. The number of carbonyl (C=O) groups excluding carboxylic acids is 1. The van der Waals surface area contributed by atoms with Crippen LogP contribution in [0.2, 0.25) is 0 Å². The Hall–Kier alpha value is -1.39. The quantitative estimate of drug-likeness (QED) is 0.661. The van der Waals surface area contributed by atoms with Crippen molar-refractivity contribution < 1.29 is 9.90 Å². The fraction of sp³-hybridized carbons (Fsp3) is 0.417. The number of amides is 1. The molecule has 1 amide bonds. The first kappa shape index (κ1) is 11.1. The smallest absolute Gasteiger partial charge is 0.265 e. The maximum absolute atomic E-state index is 11.7. The van der Waals surface area contributed by atoms with Crippen LogP contribution in [0.5, 0.6) is 0 Å². The van der Waals surface area contributed by atoms with Crippen LogP contribution in [0, 0.1) is 0 Å². The van der Waals surface area contributed by atoms with Gasteiger partial charge in [0.15, 0.2) is 0 Å². The van der Waals surface area contributed by atoms with Crippen LogP contribution in [0.1, 0.15) is 29.6 Å². The molecular formula is C12H16N2O2. The molecule has 1 saturated carbocycles.